The minimum absolute atomic E-state index is 0.652. The molecule has 1 saturated heterocycles. The molecule has 0 radical (unpaired) electrons. The molecular weight excluding hydrogens is 320 g/mol. The molecule has 1 aliphatic rings. The highest BCUT2D eigenvalue weighted by molar-refractivity contribution is 5.79. The average Bonchev–Trinajstić information content (AvgIpc) is 2.65. The van der Waals surface area contributed by atoms with Gasteiger partial charge in [-0.2, -0.15) is 0 Å². The lowest BCUT2D eigenvalue weighted by Gasteiger charge is -2.26. The fraction of sp³-hybridized carbons (Fsp3) is 0.944. The van der Waals surface area contributed by atoms with E-state index in [1.807, 2.05) is 0 Å². The summed E-state index contributed by atoms with van der Waals surface area (Å²) in [5.41, 5.74) is 0. The Morgan fingerprint density at radius 3 is 2.40 bits per heavy atom. The van der Waals surface area contributed by atoms with Crippen molar-refractivity contribution in [2.75, 3.05) is 79.4 Å². The topological polar surface area (TPSA) is 67.4 Å². The highest BCUT2D eigenvalue weighted by atomic mass is 16.5. The molecule has 2 N–H and O–H groups in total. The van der Waals surface area contributed by atoms with E-state index < -0.39 is 0 Å². The van der Waals surface area contributed by atoms with E-state index in [9.17, 15) is 0 Å². The zero-order valence-corrected chi connectivity index (χ0v) is 16.2. The second-order valence-electron chi connectivity index (χ2n) is 6.17. The predicted molar refractivity (Wildman–Crippen MR) is 102 cm³/mol. The van der Waals surface area contributed by atoms with Crippen LogP contribution in [0, 0.1) is 0 Å². The quantitative estimate of drug-likeness (QED) is 0.275. The molecule has 0 spiro atoms. The molecule has 0 aliphatic carbocycles. The summed E-state index contributed by atoms with van der Waals surface area (Å²) in [6, 6.07) is 0. The van der Waals surface area contributed by atoms with Crippen LogP contribution in [-0.4, -0.2) is 90.3 Å². The van der Waals surface area contributed by atoms with Crippen molar-refractivity contribution >= 4 is 5.96 Å². The van der Waals surface area contributed by atoms with Crippen LogP contribution >= 0.6 is 0 Å². The fourth-order valence-corrected chi connectivity index (χ4v) is 2.52. The number of nitrogens with zero attached hydrogens (tertiary/aromatic N) is 2. The van der Waals surface area contributed by atoms with Crippen molar-refractivity contribution in [3.63, 3.8) is 0 Å². The number of hydrogen-bond acceptors (Lipinski definition) is 5. The summed E-state index contributed by atoms with van der Waals surface area (Å²) in [6.45, 7) is 11.7. The van der Waals surface area contributed by atoms with Gasteiger partial charge in [0, 0.05) is 39.8 Å². The van der Waals surface area contributed by atoms with E-state index >= 15 is 0 Å². The number of guanidine groups is 1. The molecule has 0 aromatic heterocycles. The maximum atomic E-state index is 5.53. The van der Waals surface area contributed by atoms with Gasteiger partial charge in [-0.1, -0.05) is 13.3 Å². The van der Waals surface area contributed by atoms with Crippen LogP contribution < -0.4 is 10.6 Å². The maximum absolute atomic E-state index is 5.53. The van der Waals surface area contributed by atoms with Crippen molar-refractivity contribution in [2.24, 2.45) is 4.99 Å². The fourth-order valence-electron chi connectivity index (χ4n) is 2.52. The lowest BCUT2D eigenvalue weighted by atomic mass is 10.3. The van der Waals surface area contributed by atoms with Gasteiger partial charge in [0.25, 0.3) is 0 Å². The summed E-state index contributed by atoms with van der Waals surface area (Å²) in [7, 11) is 1.80. The second-order valence-corrected chi connectivity index (χ2v) is 6.17. The number of rotatable bonds is 14. The van der Waals surface area contributed by atoms with Crippen molar-refractivity contribution < 1.29 is 14.2 Å². The van der Waals surface area contributed by atoms with Crippen LogP contribution in [0.25, 0.3) is 0 Å². The third kappa shape index (κ3) is 13.0. The maximum Gasteiger partial charge on any atom is 0.191 e. The first-order chi connectivity index (χ1) is 12.4. The summed E-state index contributed by atoms with van der Waals surface area (Å²) < 4.78 is 16.3. The number of hydrogen-bond donors (Lipinski definition) is 2. The molecule has 0 saturated carbocycles. The van der Waals surface area contributed by atoms with Gasteiger partial charge in [-0.05, 0) is 25.8 Å². The van der Waals surface area contributed by atoms with Gasteiger partial charge >= 0.3 is 0 Å². The highest BCUT2D eigenvalue weighted by Crippen LogP contribution is 1.99. The molecule has 1 fully saturated rings. The molecule has 148 valence electrons. The smallest absolute Gasteiger partial charge is 0.191 e. The van der Waals surface area contributed by atoms with Gasteiger partial charge in [-0.3, -0.25) is 9.89 Å². The molecule has 7 heteroatoms. The number of ether oxygens (including phenoxy) is 3. The van der Waals surface area contributed by atoms with E-state index in [-0.39, 0.29) is 0 Å². The lowest BCUT2D eigenvalue weighted by Crippen LogP contribution is -2.40. The van der Waals surface area contributed by atoms with E-state index in [2.05, 4.69) is 27.4 Å². The Morgan fingerprint density at radius 1 is 0.960 bits per heavy atom. The molecule has 0 aromatic carbocycles. The molecule has 7 nitrogen and oxygen atoms in total. The van der Waals surface area contributed by atoms with Crippen LogP contribution in [0.4, 0.5) is 0 Å². The van der Waals surface area contributed by atoms with Crippen LogP contribution in [0.15, 0.2) is 4.99 Å². The third-order valence-electron chi connectivity index (χ3n) is 4.07. The van der Waals surface area contributed by atoms with Crippen molar-refractivity contribution in [1.82, 2.24) is 15.5 Å². The predicted octanol–water partition coefficient (Wildman–Crippen LogP) is 1.10. The van der Waals surface area contributed by atoms with E-state index in [4.69, 9.17) is 14.2 Å². The zero-order valence-electron chi connectivity index (χ0n) is 16.2. The number of aliphatic imine (C=N–C) groups is 1. The Kier molecular flexibility index (Phi) is 14.7. The molecular formula is C18H38N4O3. The molecule has 0 amide bonds. The van der Waals surface area contributed by atoms with Crippen LogP contribution in [0.3, 0.4) is 0 Å². The highest BCUT2D eigenvalue weighted by Gasteiger charge is 2.08. The number of unbranched alkanes of at least 4 members (excludes halogenated alkanes) is 2. The first-order valence-corrected chi connectivity index (χ1v) is 9.77. The second kappa shape index (κ2) is 16.6. The van der Waals surface area contributed by atoms with Gasteiger partial charge in [0.15, 0.2) is 5.96 Å². The largest absolute Gasteiger partial charge is 0.379 e. The molecule has 0 unspecified atom stereocenters. The van der Waals surface area contributed by atoms with Crippen LogP contribution in [0.2, 0.25) is 0 Å². The van der Waals surface area contributed by atoms with Crippen LogP contribution in [0.5, 0.6) is 0 Å². The van der Waals surface area contributed by atoms with E-state index in [0.717, 1.165) is 71.3 Å². The van der Waals surface area contributed by atoms with Gasteiger partial charge < -0.3 is 24.8 Å². The van der Waals surface area contributed by atoms with Crippen molar-refractivity contribution in [3.8, 4) is 0 Å². The minimum atomic E-state index is 0.652. The molecule has 1 aliphatic heterocycles. The van der Waals surface area contributed by atoms with Gasteiger partial charge in [0.1, 0.15) is 0 Å². The standard InChI is InChI=1S/C18H38N4O3/c1-3-4-12-23-16-17-24-13-8-21-18(19-2)20-7-5-6-9-22-10-14-25-15-11-22/h3-17H2,1-2H3,(H2,19,20,21). The Morgan fingerprint density at radius 2 is 1.68 bits per heavy atom. The van der Waals surface area contributed by atoms with Crippen LogP contribution in [0.1, 0.15) is 32.6 Å². The molecule has 1 heterocycles. The van der Waals surface area contributed by atoms with E-state index in [1.165, 1.54) is 12.8 Å². The molecule has 0 atom stereocenters. The Labute approximate surface area is 153 Å². The SMILES string of the molecule is CCCCOCCOCCNC(=NC)NCCCCN1CCOCC1. The van der Waals surface area contributed by atoms with Crippen molar-refractivity contribution in [3.05, 3.63) is 0 Å². The van der Waals surface area contributed by atoms with Crippen molar-refractivity contribution in [2.45, 2.75) is 32.6 Å². The average molecular weight is 359 g/mol. The normalized spacial score (nSPS) is 16.2. The van der Waals surface area contributed by atoms with Crippen molar-refractivity contribution in [1.29, 1.82) is 0 Å². The van der Waals surface area contributed by atoms with Gasteiger partial charge in [0.05, 0.1) is 33.0 Å². The van der Waals surface area contributed by atoms with Gasteiger partial charge in [-0.25, -0.2) is 0 Å². The third-order valence-corrected chi connectivity index (χ3v) is 4.07. The lowest BCUT2D eigenvalue weighted by molar-refractivity contribution is 0.0372. The number of morpholine rings is 1. The summed E-state index contributed by atoms with van der Waals surface area (Å²) in [4.78, 5) is 6.70. The monoisotopic (exact) mass is 358 g/mol. The van der Waals surface area contributed by atoms with E-state index in [0.29, 0.717) is 19.8 Å². The van der Waals surface area contributed by atoms with Gasteiger partial charge in [0.2, 0.25) is 0 Å². The van der Waals surface area contributed by atoms with Gasteiger partial charge in [-0.15, -0.1) is 0 Å². The molecule has 25 heavy (non-hydrogen) atoms. The molecule has 1 rings (SSSR count). The zero-order chi connectivity index (χ0) is 18.0. The summed E-state index contributed by atoms with van der Waals surface area (Å²) >= 11 is 0. The Bertz CT molecular complexity index is 323. The summed E-state index contributed by atoms with van der Waals surface area (Å²) in [5.74, 6) is 0.842. The summed E-state index contributed by atoms with van der Waals surface area (Å²) in [5, 5.41) is 6.61. The summed E-state index contributed by atoms with van der Waals surface area (Å²) in [6.07, 6.45) is 4.63. The van der Waals surface area contributed by atoms with Crippen LogP contribution in [-0.2, 0) is 14.2 Å². The number of nitrogens with one attached hydrogen (secondary N) is 2. The minimum Gasteiger partial charge on any atom is -0.379 e. The first-order valence-electron chi connectivity index (χ1n) is 9.77. The molecule has 0 aromatic rings. The Hall–Kier alpha value is -0.890. The first kappa shape index (κ1) is 22.2. The van der Waals surface area contributed by atoms with E-state index in [1.54, 1.807) is 7.05 Å². The molecule has 0 bridgehead atoms. The Balaban J connectivity index is 1.87.